The van der Waals surface area contributed by atoms with E-state index in [0.29, 0.717) is 0 Å². The Morgan fingerprint density at radius 3 is 2.41 bits per heavy atom. The third-order valence-corrected chi connectivity index (χ3v) is 6.03. The van der Waals surface area contributed by atoms with E-state index < -0.39 is 58.9 Å². The minimum atomic E-state index is -4.96. The number of pyridine rings is 1. The normalized spacial score (nSPS) is 17.7. The standard InChI is InChI=1S/C23H16ClF6N5O2/c1-9-19(20(23(28,29)30)34-35(9)8-10-2-3-14(25)16(27)4-10)33-22(37)12-6-18(21(31)36)32-17-7-15(26)13(24)5-11(12)17/h2-7,9,19H,8H2,1H3,(H2,31,36)(H,33,37). The van der Waals surface area contributed by atoms with Crippen LogP contribution in [0.4, 0.5) is 26.3 Å². The molecule has 0 aliphatic carbocycles. The minimum Gasteiger partial charge on any atom is -0.364 e. The summed E-state index contributed by atoms with van der Waals surface area (Å²) in [4.78, 5) is 28.8. The largest absolute Gasteiger partial charge is 0.433 e. The highest BCUT2D eigenvalue weighted by Crippen LogP contribution is 2.31. The molecule has 14 heteroatoms. The molecule has 2 amide bonds. The lowest BCUT2D eigenvalue weighted by atomic mass is 10.0. The Bertz CT molecular complexity index is 1460. The number of nitrogens with one attached hydrogen (secondary N) is 1. The second-order valence-electron chi connectivity index (χ2n) is 8.22. The van der Waals surface area contributed by atoms with E-state index in [4.69, 9.17) is 17.3 Å². The number of carbonyl (C=O) groups excluding carboxylic acids is 2. The zero-order valence-corrected chi connectivity index (χ0v) is 19.5. The van der Waals surface area contributed by atoms with E-state index in [1.807, 2.05) is 0 Å². The van der Waals surface area contributed by atoms with Crippen molar-refractivity contribution in [3.05, 3.63) is 75.7 Å². The molecule has 0 saturated heterocycles. The van der Waals surface area contributed by atoms with E-state index in [-0.39, 0.29) is 33.6 Å². The summed E-state index contributed by atoms with van der Waals surface area (Å²) in [5, 5.41) is 6.39. The van der Waals surface area contributed by atoms with Gasteiger partial charge in [0.1, 0.15) is 17.6 Å². The number of hydrazone groups is 1. The van der Waals surface area contributed by atoms with Gasteiger partial charge in [0.05, 0.1) is 28.7 Å². The van der Waals surface area contributed by atoms with Crippen LogP contribution in [0.2, 0.25) is 5.02 Å². The topological polar surface area (TPSA) is 101 Å². The SMILES string of the molecule is CC1C(NC(=O)c2cc(C(N)=O)nc3cc(F)c(Cl)cc23)C(C(F)(F)F)=NN1Cc1ccc(F)c(F)c1. The highest BCUT2D eigenvalue weighted by molar-refractivity contribution is 6.31. The number of rotatable bonds is 5. The Morgan fingerprint density at radius 1 is 1.08 bits per heavy atom. The van der Waals surface area contributed by atoms with Gasteiger partial charge in [-0.3, -0.25) is 14.6 Å². The van der Waals surface area contributed by atoms with Crippen LogP contribution in [0.15, 0.2) is 41.5 Å². The highest BCUT2D eigenvalue weighted by Gasteiger charge is 2.49. The molecular weight excluding hydrogens is 528 g/mol. The van der Waals surface area contributed by atoms with Crippen LogP contribution in [0.1, 0.15) is 33.3 Å². The molecule has 0 spiro atoms. The summed E-state index contributed by atoms with van der Waals surface area (Å²) in [5.41, 5.74) is 3.12. The predicted octanol–water partition coefficient (Wildman–Crippen LogP) is 4.33. The molecule has 2 unspecified atom stereocenters. The fourth-order valence-electron chi connectivity index (χ4n) is 3.87. The average molecular weight is 544 g/mol. The maximum absolute atomic E-state index is 14.0. The van der Waals surface area contributed by atoms with Crippen LogP contribution in [0.25, 0.3) is 10.9 Å². The van der Waals surface area contributed by atoms with Crippen LogP contribution < -0.4 is 11.1 Å². The van der Waals surface area contributed by atoms with Crippen molar-refractivity contribution in [2.24, 2.45) is 10.8 Å². The van der Waals surface area contributed by atoms with Crippen molar-refractivity contribution in [2.45, 2.75) is 31.7 Å². The van der Waals surface area contributed by atoms with Gasteiger partial charge in [-0.25, -0.2) is 18.2 Å². The van der Waals surface area contributed by atoms with E-state index in [2.05, 4.69) is 15.4 Å². The third kappa shape index (κ3) is 5.17. The van der Waals surface area contributed by atoms with Crippen LogP contribution in [0, 0.1) is 17.5 Å². The first-order chi connectivity index (χ1) is 17.3. The number of nitrogens with two attached hydrogens (primary N) is 1. The zero-order valence-electron chi connectivity index (χ0n) is 18.7. The summed E-state index contributed by atoms with van der Waals surface area (Å²) in [6.45, 7) is 1.03. The summed E-state index contributed by atoms with van der Waals surface area (Å²) in [6, 6.07) is 2.92. The zero-order chi connectivity index (χ0) is 27.2. The lowest BCUT2D eigenvalue weighted by Crippen LogP contribution is -2.51. The van der Waals surface area contributed by atoms with Crippen molar-refractivity contribution < 1.29 is 35.9 Å². The number of aromatic nitrogens is 1. The summed E-state index contributed by atoms with van der Waals surface area (Å²) in [7, 11) is 0. The predicted molar refractivity (Wildman–Crippen MR) is 121 cm³/mol. The summed E-state index contributed by atoms with van der Waals surface area (Å²) >= 11 is 5.81. The van der Waals surface area contributed by atoms with Gasteiger partial charge in [0.15, 0.2) is 17.3 Å². The molecule has 4 rings (SSSR count). The number of amides is 2. The Kier molecular flexibility index (Phi) is 6.76. The summed E-state index contributed by atoms with van der Waals surface area (Å²) in [5.74, 6) is -5.34. The van der Waals surface area contributed by atoms with E-state index in [9.17, 15) is 35.9 Å². The number of fused-ring (bicyclic) bond motifs is 1. The lowest BCUT2D eigenvalue weighted by Gasteiger charge is -2.26. The number of benzene rings is 2. The molecular formula is C23H16ClF6N5O2. The second kappa shape index (κ2) is 9.54. The Balaban J connectivity index is 1.70. The van der Waals surface area contributed by atoms with Gasteiger partial charge in [-0.1, -0.05) is 17.7 Å². The summed E-state index contributed by atoms with van der Waals surface area (Å²) in [6.07, 6.45) is -4.96. The molecule has 194 valence electrons. The van der Waals surface area contributed by atoms with Crippen LogP contribution in [0.3, 0.4) is 0 Å². The smallest absolute Gasteiger partial charge is 0.364 e. The molecule has 2 aromatic carbocycles. The number of halogens is 7. The average Bonchev–Trinajstić information content (AvgIpc) is 3.11. The van der Waals surface area contributed by atoms with Crippen molar-refractivity contribution in [1.29, 1.82) is 0 Å². The molecule has 0 bridgehead atoms. The van der Waals surface area contributed by atoms with E-state index in [1.54, 1.807) is 0 Å². The fraction of sp³-hybridized carbons (Fsp3) is 0.217. The highest BCUT2D eigenvalue weighted by atomic mass is 35.5. The molecule has 1 aliphatic rings. The van der Waals surface area contributed by atoms with E-state index in [1.165, 1.54) is 13.0 Å². The van der Waals surface area contributed by atoms with Gasteiger partial charge in [-0.2, -0.15) is 18.3 Å². The first-order valence-electron chi connectivity index (χ1n) is 10.5. The molecule has 7 nitrogen and oxygen atoms in total. The monoisotopic (exact) mass is 543 g/mol. The number of hydrogen-bond donors (Lipinski definition) is 2. The maximum Gasteiger partial charge on any atom is 0.433 e. The number of carbonyl (C=O) groups is 2. The van der Waals surface area contributed by atoms with Crippen LogP contribution in [-0.2, 0) is 6.54 Å². The summed E-state index contributed by atoms with van der Waals surface area (Å²) < 4.78 is 82.3. The molecule has 2 heterocycles. The van der Waals surface area contributed by atoms with E-state index in [0.717, 1.165) is 35.3 Å². The van der Waals surface area contributed by atoms with Crippen molar-refractivity contribution in [3.63, 3.8) is 0 Å². The molecule has 1 aliphatic heterocycles. The quantitative estimate of drug-likeness (QED) is 0.468. The van der Waals surface area contributed by atoms with Crippen LogP contribution in [-0.4, -0.2) is 45.8 Å². The molecule has 3 N–H and O–H groups in total. The Morgan fingerprint density at radius 2 is 1.78 bits per heavy atom. The molecule has 37 heavy (non-hydrogen) atoms. The molecule has 2 atom stereocenters. The number of primary amides is 1. The van der Waals surface area contributed by atoms with Gasteiger partial charge in [-0.15, -0.1) is 0 Å². The van der Waals surface area contributed by atoms with Gasteiger partial charge < -0.3 is 11.1 Å². The Hall–Kier alpha value is -3.87. The molecule has 0 fully saturated rings. The minimum absolute atomic E-state index is 0.0382. The third-order valence-electron chi connectivity index (χ3n) is 5.74. The lowest BCUT2D eigenvalue weighted by molar-refractivity contribution is -0.0611. The van der Waals surface area contributed by atoms with Crippen molar-refractivity contribution in [2.75, 3.05) is 0 Å². The van der Waals surface area contributed by atoms with Crippen LogP contribution in [0.5, 0.6) is 0 Å². The van der Waals surface area contributed by atoms with Gasteiger partial charge in [0, 0.05) is 11.5 Å². The molecule has 3 aromatic rings. The first kappa shape index (κ1) is 26.2. The van der Waals surface area contributed by atoms with Crippen LogP contribution >= 0.6 is 11.6 Å². The maximum atomic E-state index is 14.0. The first-order valence-corrected chi connectivity index (χ1v) is 10.9. The van der Waals surface area contributed by atoms with E-state index >= 15 is 0 Å². The van der Waals surface area contributed by atoms with Gasteiger partial charge in [0.25, 0.3) is 11.8 Å². The van der Waals surface area contributed by atoms with Crippen molar-refractivity contribution in [1.82, 2.24) is 15.3 Å². The van der Waals surface area contributed by atoms with Gasteiger partial charge in [-0.05, 0) is 36.8 Å². The molecule has 1 aromatic heterocycles. The van der Waals surface area contributed by atoms with Gasteiger partial charge in [0.2, 0.25) is 0 Å². The molecule has 0 radical (unpaired) electrons. The second-order valence-corrected chi connectivity index (χ2v) is 8.63. The molecule has 0 saturated carbocycles. The number of nitrogens with zero attached hydrogens (tertiary/aromatic N) is 3. The number of alkyl halides is 3. The Labute approximate surface area is 209 Å². The van der Waals surface area contributed by atoms with Gasteiger partial charge >= 0.3 is 6.18 Å². The fourth-order valence-corrected chi connectivity index (χ4v) is 4.04. The number of hydrogen-bond acceptors (Lipinski definition) is 5. The van der Waals surface area contributed by atoms with Crippen molar-refractivity contribution in [3.8, 4) is 0 Å². The van der Waals surface area contributed by atoms with Crippen molar-refractivity contribution >= 4 is 40.0 Å².